The first-order chi connectivity index (χ1) is 9.06. The van der Waals surface area contributed by atoms with Crippen LogP contribution in [-0.4, -0.2) is 28.8 Å². The molecule has 1 N–H and O–H groups in total. The highest BCUT2D eigenvalue weighted by atomic mass is 16.2. The lowest BCUT2D eigenvalue weighted by Crippen LogP contribution is -2.61. The second-order valence-electron chi connectivity index (χ2n) is 5.40. The summed E-state index contributed by atoms with van der Waals surface area (Å²) in [7, 11) is 0. The van der Waals surface area contributed by atoms with Crippen molar-refractivity contribution in [1.29, 1.82) is 0 Å². The summed E-state index contributed by atoms with van der Waals surface area (Å²) in [6.45, 7) is 5.41. The van der Waals surface area contributed by atoms with E-state index in [1.54, 1.807) is 13.0 Å². The van der Waals surface area contributed by atoms with Gasteiger partial charge in [-0.05, 0) is 32.1 Å². The maximum absolute atomic E-state index is 12.5. The van der Waals surface area contributed by atoms with Crippen LogP contribution in [0.5, 0.6) is 0 Å². The number of hydrogen-bond donors (Lipinski definition) is 1. The van der Waals surface area contributed by atoms with Gasteiger partial charge in [0.15, 0.2) is 0 Å². The number of barbiturate groups is 1. The molecule has 1 saturated heterocycles. The molecule has 2 aliphatic rings. The fourth-order valence-corrected chi connectivity index (χ4v) is 3.08. The standard InChI is InChI=1S/C14H20N2O3/c1-3-6-9(2)16-13(18)11(10-7-4-5-8-10)12(17)15-14(16)19/h3,9-11H,1,4-8H2,2H3,(H,15,17,19). The fraction of sp³-hybridized carbons (Fsp3) is 0.643. The molecule has 0 aromatic heterocycles. The SMILES string of the molecule is C=CCC(C)N1C(=O)NC(=O)C(C2CCCC2)C1=O. The van der Waals surface area contributed by atoms with Gasteiger partial charge in [-0.15, -0.1) is 6.58 Å². The van der Waals surface area contributed by atoms with Crippen molar-refractivity contribution in [2.24, 2.45) is 11.8 Å². The van der Waals surface area contributed by atoms with Crippen molar-refractivity contribution in [3.63, 3.8) is 0 Å². The normalized spacial score (nSPS) is 26.5. The minimum absolute atomic E-state index is 0.0824. The Morgan fingerprint density at radius 2 is 2.00 bits per heavy atom. The zero-order valence-corrected chi connectivity index (χ0v) is 11.2. The van der Waals surface area contributed by atoms with Gasteiger partial charge in [0.1, 0.15) is 5.92 Å². The molecule has 1 aliphatic carbocycles. The second-order valence-corrected chi connectivity index (χ2v) is 5.40. The van der Waals surface area contributed by atoms with Crippen molar-refractivity contribution in [2.45, 2.75) is 45.1 Å². The largest absolute Gasteiger partial charge is 0.331 e. The van der Waals surface area contributed by atoms with Crippen molar-refractivity contribution < 1.29 is 14.4 Å². The molecule has 0 radical (unpaired) electrons. The first-order valence-corrected chi connectivity index (χ1v) is 6.85. The molecule has 0 spiro atoms. The van der Waals surface area contributed by atoms with Crippen LogP contribution < -0.4 is 5.32 Å². The molecule has 1 heterocycles. The zero-order chi connectivity index (χ0) is 14.0. The van der Waals surface area contributed by atoms with Crippen molar-refractivity contribution in [3.05, 3.63) is 12.7 Å². The molecule has 104 valence electrons. The van der Waals surface area contributed by atoms with Crippen LogP contribution in [0.1, 0.15) is 39.0 Å². The van der Waals surface area contributed by atoms with Gasteiger partial charge in [0.05, 0.1) is 0 Å². The number of carbonyl (C=O) groups is 3. The highest BCUT2D eigenvalue weighted by molar-refractivity contribution is 6.16. The number of amides is 4. The van der Waals surface area contributed by atoms with Crippen LogP contribution in [-0.2, 0) is 9.59 Å². The van der Waals surface area contributed by atoms with E-state index in [9.17, 15) is 14.4 Å². The molecule has 19 heavy (non-hydrogen) atoms. The first-order valence-electron chi connectivity index (χ1n) is 6.85. The lowest BCUT2D eigenvalue weighted by Gasteiger charge is -2.35. The Hall–Kier alpha value is -1.65. The molecule has 1 aliphatic heterocycles. The van der Waals surface area contributed by atoms with E-state index in [-0.39, 0.29) is 17.9 Å². The molecule has 2 unspecified atom stereocenters. The Bertz CT molecular complexity index is 413. The van der Waals surface area contributed by atoms with E-state index in [1.807, 2.05) is 0 Å². The molecule has 5 heteroatoms. The van der Waals surface area contributed by atoms with Gasteiger partial charge in [-0.25, -0.2) is 4.79 Å². The third-order valence-corrected chi connectivity index (χ3v) is 4.05. The van der Waals surface area contributed by atoms with Gasteiger partial charge in [0, 0.05) is 6.04 Å². The van der Waals surface area contributed by atoms with Gasteiger partial charge < -0.3 is 0 Å². The van der Waals surface area contributed by atoms with Crippen LogP contribution in [0.25, 0.3) is 0 Å². The molecule has 0 aromatic rings. The minimum atomic E-state index is -0.688. The van der Waals surface area contributed by atoms with Crippen LogP contribution in [0.3, 0.4) is 0 Å². The van der Waals surface area contributed by atoms with E-state index in [2.05, 4.69) is 11.9 Å². The predicted molar refractivity (Wildman–Crippen MR) is 70.1 cm³/mol. The van der Waals surface area contributed by atoms with Gasteiger partial charge in [0.25, 0.3) is 0 Å². The van der Waals surface area contributed by atoms with Crippen LogP contribution in [0.15, 0.2) is 12.7 Å². The van der Waals surface area contributed by atoms with Crippen LogP contribution in [0.4, 0.5) is 4.79 Å². The van der Waals surface area contributed by atoms with E-state index in [0.717, 1.165) is 25.7 Å². The number of nitrogens with zero attached hydrogens (tertiary/aromatic N) is 1. The fourth-order valence-electron chi connectivity index (χ4n) is 3.08. The molecule has 5 nitrogen and oxygen atoms in total. The summed E-state index contributed by atoms with van der Waals surface area (Å²) in [6.07, 6.45) is 6.09. The van der Waals surface area contributed by atoms with Gasteiger partial charge in [-0.3, -0.25) is 19.8 Å². The van der Waals surface area contributed by atoms with Crippen LogP contribution >= 0.6 is 0 Å². The Balaban J connectivity index is 2.20. The maximum atomic E-state index is 12.5. The zero-order valence-electron chi connectivity index (χ0n) is 11.2. The molecular formula is C14H20N2O3. The summed E-state index contributed by atoms with van der Waals surface area (Å²) in [5.41, 5.74) is 0. The van der Waals surface area contributed by atoms with Gasteiger partial charge in [0.2, 0.25) is 11.8 Å². The number of nitrogens with one attached hydrogen (secondary N) is 1. The molecule has 0 aromatic carbocycles. The summed E-state index contributed by atoms with van der Waals surface area (Å²) in [5.74, 6) is -1.37. The topological polar surface area (TPSA) is 66.5 Å². The number of carbonyl (C=O) groups excluding carboxylic acids is 3. The Kier molecular flexibility index (Phi) is 4.02. The monoisotopic (exact) mass is 264 g/mol. The van der Waals surface area contributed by atoms with E-state index < -0.39 is 17.9 Å². The number of imide groups is 2. The molecule has 2 atom stereocenters. The van der Waals surface area contributed by atoms with E-state index >= 15 is 0 Å². The summed E-state index contributed by atoms with van der Waals surface area (Å²) in [4.78, 5) is 37.4. The van der Waals surface area contributed by atoms with Crippen LogP contribution in [0, 0.1) is 11.8 Å². The number of rotatable bonds is 4. The van der Waals surface area contributed by atoms with Crippen molar-refractivity contribution >= 4 is 17.8 Å². The summed E-state index contributed by atoms with van der Waals surface area (Å²) in [5, 5.41) is 2.32. The van der Waals surface area contributed by atoms with Crippen molar-refractivity contribution in [2.75, 3.05) is 0 Å². The van der Waals surface area contributed by atoms with Gasteiger partial charge >= 0.3 is 6.03 Å². The minimum Gasteiger partial charge on any atom is -0.277 e. The third-order valence-electron chi connectivity index (χ3n) is 4.05. The Morgan fingerprint density at radius 1 is 1.37 bits per heavy atom. The smallest absolute Gasteiger partial charge is 0.277 e. The summed E-state index contributed by atoms with van der Waals surface area (Å²) >= 11 is 0. The Labute approximate surface area is 113 Å². The number of urea groups is 1. The van der Waals surface area contributed by atoms with Gasteiger partial charge in [-0.2, -0.15) is 0 Å². The molecular weight excluding hydrogens is 244 g/mol. The number of hydrogen-bond acceptors (Lipinski definition) is 3. The van der Waals surface area contributed by atoms with E-state index in [0.29, 0.717) is 6.42 Å². The molecule has 2 fully saturated rings. The van der Waals surface area contributed by atoms with E-state index in [1.165, 1.54) is 4.90 Å². The second kappa shape index (κ2) is 5.55. The highest BCUT2D eigenvalue weighted by Crippen LogP contribution is 2.34. The molecule has 2 rings (SSSR count). The first kappa shape index (κ1) is 13.8. The van der Waals surface area contributed by atoms with Gasteiger partial charge in [-0.1, -0.05) is 18.9 Å². The average molecular weight is 264 g/mol. The summed E-state index contributed by atoms with van der Waals surface area (Å²) < 4.78 is 0. The lowest BCUT2D eigenvalue weighted by molar-refractivity contribution is -0.146. The molecule has 0 bridgehead atoms. The van der Waals surface area contributed by atoms with Crippen molar-refractivity contribution in [3.8, 4) is 0 Å². The highest BCUT2D eigenvalue weighted by Gasteiger charge is 2.46. The molecule has 1 saturated carbocycles. The Morgan fingerprint density at radius 3 is 2.58 bits per heavy atom. The predicted octanol–water partition coefficient (Wildman–Crippen LogP) is 1.84. The maximum Gasteiger partial charge on any atom is 0.331 e. The summed E-state index contributed by atoms with van der Waals surface area (Å²) in [6, 6.07) is -0.861. The lowest BCUT2D eigenvalue weighted by atomic mass is 9.87. The third kappa shape index (κ3) is 2.55. The molecule has 4 amide bonds. The van der Waals surface area contributed by atoms with Crippen LogP contribution in [0.2, 0.25) is 0 Å². The quantitative estimate of drug-likeness (QED) is 0.622. The van der Waals surface area contributed by atoms with E-state index in [4.69, 9.17) is 0 Å². The average Bonchev–Trinajstić information content (AvgIpc) is 2.82. The van der Waals surface area contributed by atoms with Crippen molar-refractivity contribution in [1.82, 2.24) is 10.2 Å².